The van der Waals surface area contributed by atoms with Crippen molar-refractivity contribution in [2.24, 2.45) is 0 Å². The zero-order valence-electron chi connectivity index (χ0n) is 32.9. The first-order valence-electron chi connectivity index (χ1n) is 20.4. The molecule has 0 spiro atoms. The monoisotopic (exact) mass is 838 g/mol. The van der Waals surface area contributed by atoms with Crippen LogP contribution in [0.4, 0.5) is 0 Å². The lowest BCUT2D eigenvalue weighted by atomic mass is 10.1. The Morgan fingerprint density at radius 2 is 0.737 bits per heavy atom. The van der Waals surface area contributed by atoms with Crippen molar-refractivity contribution in [1.82, 2.24) is 0 Å². The highest BCUT2D eigenvalue weighted by molar-refractivity contribution is 7.48. The number of rotatable bonds is 31. The lowest BCUT2D eigenvalue weighted by molar-refractivity contribution is 0.107. The number of hydrogen-bond acceptors (Lipinski definition) is 8. The van der Waals surface area contributed by atoms with Crippen LogP contribution in [0.5, 0.6) is 17.2 Å². The van der Waals surface area contributed by atoms with Gasteiger partial charge < -0.3 is 14.0 Å². The van der Waals surface area contributed by atoms with Gasteiger partial charge in [0.15, 0.2) is 0 Å². The van der Waals surface area contributed by atoms with Crippen molar-refractivity contribution in [2.45, 2.75) is 103 Å². The van der Waals surface area contributed by atoms with Gasteiger partial charge in [-0.2, -0.15) is 0 Å². The average Bonchev–Trinajstić information content (AvgIpc) is 3.22. The topological polar surface area (TPSA) is 97.4 Å². The van der Waals surface area contributed by atoms with E-state index < -0.39 is 18.3 Å². The van der Waals surface area contributed by atoms with E-state index in [1.807, 2.05) is 54.6 Å². The molecule has 4 rings (SSSR count). The van der Waals surface area contributed by atoms with E-state index in [1.165, 1.54) is 0 Å². The zero-order chi connectivity index (χ0) is 40.4. The minimum absolute atomic E-state index is 0.309. The molecule has 8 nitrogen and oxygen atoms in total. The molecule has 57 heavy (non-hydrogen) atoms. The molecule has 0 amide bonds. The van der Waals surface area contributed by atoms with E-state index in [0.29, 0.717) is 43.3 Å². The Balaban J connectivity index is 1.07. The number of phosphoric acid groups is 1. The maximum absolute atomic E-state index is 13.8. The molecule has 0 N–H and O–H groups in total. The van der Waals surface area contributed by atoms with Crippen LogP contribution in [0.1, 0.15) is 123 Å². The van der Waals surface area contributed by atoms with Crippen LogP contribution in [0.2, 0.25) is 0 Å². The number of unbranched alkanes of at least 4 members (excludes halogenated alkanes) is 14. The lowest BCUT2D eigenvalue weighted by Crippen LogP contribution is -2.05. The molecule has 0 unspecified atom stereocenters. The summed E-state index contributed by atoms with van der Waals surface area (Å²) in [5.74, 6) is 1.94. The van der Waals surface area contributed by atoms with Gasteiger partial charge >= 0.3 is 7.82 Å². The summed E-state index contributed by atoms with van der Waals surface area (Å²) in [5, 5.41) is -0.939. The van der Waals surface area contributed by atoms with E-state index in [0.717, 1.165) is 125 Å². The van der Waals surface area contributed by atoms with E-state index >= 15 is 0 Å². The molecular formula is C46H57Cl2O8P. The second-order valence-electron chi connectivity index (χ2n) is 14.0. The molecule has 0 fully saturated rings. The number of hydrogen-bond donors (Lipinski definition) is 0. The van der Waals surface area contributed by atoms with Gasteiger partial charge in [0.1, 0.15) is 17.2 Å². The summed E-state index contributed by atoms with van der Waals surface area (Å²) in [6.45, 7) is 1.90. The largest absolute Gasteiger partial charge is 0.530 e. The Labute approximate surface area is 349 Å². The summed E-state index contributed by atoms with van der Waals surface area (Å²) >= 11 is 11.0. The van der Waals surface area contributed by atoms with Crippen LogP contribution in [0.3, 0.4) is 0 Å². The summed E-state index contributed by atoms with van der Waals surface area (Å²) in [6.07, 6.45) is 16.7. The Morgan fingerprint density at radius 3 is 1.12 bits per heavy atom. The van der Waals surface area contributed by atoms with Crippen LogP contribution in [0.25, 0.3) is 11.1 Å². The predicted octanol–water partition coefficient (Wildman–Crippen LogP) is 14.0. The molecule has 0 aliphatic carbocycles. The maximum Gasteiger partial charge on any atom is 0.530 e. The lowest BCUT2D eigenvalue weighted by Gasteiger charge is -2.19. The van der Waals surface area contributed by atoms with E-state index in [2.05, 4.69) is 0 Å². The van der Waals surface area contributed by atoms with Crippen LogP contribution >= 0.6 is 31.0 Å². The fraction of sp³-hybridized carbons (Fsp3) is 0.435. The minimum Gasteiger partial charge on any atom is -0.494 e. The first kappa shape index (κ1) is 46.0. The molecule has 0 aromatic heterocycles. The second kappa shape index (κ2) is 27.1. The van der Waals surface area contributed by atoms with Crippen molar-refractivity contribution in [3.8, 4) is 28.4 Å². The summed E-state index contributed by atoms with van der Waals surface area (Å²) in [5.41, 5.74) is 3.07. The third kappa shape index (κ3) is 19.1. The number of ether oxygens (including phenoxy) is 2. The Morgan fingerprint density at radius 1 is 0.404 bits per heavy atom. The molecule has 308 valence electrons. The average molecular weight is 840 g/mol. The normalized spacial score (nSPS) is 11.3. The quantitative estimate of drug-likeness (QED) is 0.0281. The van der Waals surface area contributed by atoms with Gasteiger partial charge in [0.05, 0.1) is 26.4 Å². The maximum atomic E-state index is 13.8. The molecule has 0 radical (unpaired) electrons. The third-order valence-corrected chi connectivity index (χ3v) is 11.3. The predicted molar refractivity (Wildman–Crippen MR) is 230 cm³/mol. The van der Waals surface area contributed by atoms with Gasteiger partial charge in [-0.15, -0.1) is 0 Å². The van der Waals surface area contributed by atoms with E-state index in [4.69, 9.17) is 46.2 Å². The van der Waals surface area contributed by atoms with Gasteiger partial charge in [-0.1, -0.05) is 120 Å². The second-order valence-corrected chi connectivity index (χ2v) is 16.3. The summed E-state index contributed by atoms with van der Waals surface area (Å²) in [6, 6.07) is 31.4. The number of carbonyl (C=O) groups is 2. The molecule has 11 heteroatoms. The number of carbonyl (C=O) groups excluding carboxylic acids is 2. The SMILES string of the molecule is O=C(Cl)c1ccc(OCCCCCCCCCCOP(=O)(OCCCCCCCCCCOc2ccc(C(=O)Cl)cc2)Oc2ccc(-c3ccccc3)cc2)cc1. The van der Waals surface area contributed by atoms with Crippen LogP contribution < -0.4 is 14.0 Å². The van der Waals surface area contributed by atoms with Crippen LogP contribution in [0.15, 0.2) is 103 Å². The number of benzene rings is 4. The number of phosphoric ester groups is 1. The zero-order valence-corrected chi connectivity index (χ0v) is 35.3. The molecule has 4 aromatic carbocycles. The fourth-order valence-corrected chi connectivity index (χ4v) is 7.70. The van der Waals surface area contributed by atoms with Crippen molar-refractivity contribution in [1.29, 1.82) is 0 Å². The molecule has 0 atom stereocenters. The Bertz CT molecular complexity index is 1670. The highest BCUT2D eigenvalue weighted by Gasteiger charge is 2.28. The number of halogens is 2. The minimum atomic E-state index is -3.81. The smallest absolute Gasteiger partial charge is 0.494 e. The molecular weight excluding hydrogens is 782 g/mol. The highest BCUT2D eigenvalue weighted by Crippen LogP contribution is 2.50. The van der Waals surface area contributed by atoms with Gasteiger partial charge in [0.25, 0.3) is 10.5 Å². The van der Waals surface area contributed by atoms with E-state index in [-0.39, 0.29) is 0 Å². The van der Waals surface area contributed by atoms with Gasteiger partial charge in [-0.05, 0) is 121 Å². The first-order valence-corrected chi connectivity index (χ1v) is 22.6. The van der Waals surface area contributed by atoms with Crippen LogP contribution in [-0.4, -0.2) is 36.9 Å². The molecule has 0 bridgehead atoms. The van der Waals surface area contributed by atoms with Gasteiger partial charge in [0, 0.05) is 11.1 Å². The summed E-state index contributed by atoms with van der Waals surface area (Å²) < 4.78 is 42.9. The Kier molecular flexibility index (Phi) is 21.9. The molecule has 0 heterocycles. The van der Waals surface area contributed by atoms with Crippen molar-refractivity contribution >= 4 is 41.5 Å². The van der Waals surface area contributed by atoms with Crippen molar-refractivity contribution < 1.29 is 37.2 Å². The van der Waals surface area contributed by atoms with Crippen LogP contribution in [-0.2, 0) is 13.6 Å². The first-order chi connectivity index (χ1) is 27.8. The van der Waals surface area contributed by atoms with E-state index in [9.17, 15) is 14.2 Å². The third-order valence-electron chi connectivity index (χ3n) is 9.45. The van der Waals surface area contributed by atoms with Crippen molar-refractivity contribution in [3.05, 3.63) is 114 Å². The molecule has 0 saturated carbocycles. The van der Waals surface area contributed by atoms with Crippen molar-refractivity contribution in [3.63, 3.8) is 0 Å². The van der Waals surface area contributed by atoms with E-state index in [1.54, 1.807) is 48.5 Å². The fourth-order valence-electron chi connectivity index (χ4n) is 6.18. The molecule has 0 aliphatic heterocycles. The van der Waals surface area contributed by atoms with Gasteiger partial charge in [-0.3, -0.25) is 18.6 Å². The summed E-state index contributed by atoms with van der Waals surface area (Å²) in [4.78, 5) is 22.4. The molecule has 0 aliphatic rings. The van der Waals surface area contributed by atoms with Crippen molar-refractivity contribution in [2.75, 3.05) is 26.4 Å². The Hall–Kier alpha value is -3.65. The summed E-state index contributed by atoms with van der Waals surface area (Å²) in [7, 11) is -3.81. The highest BCUT2D eigenvalue weighted by atomic mass is 35.5. The van der Waals surface area contributed by atoms with Gasteiger partial charge in [0.2, 0.25) is 0 Å². The van der Waals surface area contributed by atoms with Crippen LogP contribution in [0, 0.1) is 0 Å². The van der Waals surface area contributed by atoms with Gasteiger partial charge in [-0.25, -0.2) is 4.57 Å². The standard InChI is InChI=1S/C46H57Cl2O8P/c47-45(49)40-24-28-42(29-25-40)52-34-16-9-5-1-3-7-11-18-36-54-57(51,56-44-32-22-39(23-33-44)38-20-14-13-15-21-38)55-37-19-12-8-4-2-6-10-17-35-53-43-30-26-41(27-31-43)46(48)50/h13-15,20-33H,1-12,16-19,34-37H2. The molecule has 4 aromatic rings. The molecule has 0 saturated heterocycles.